The molecule has 1 fully saturated rings. The summed E-state index contributed by atoms with van der Waals surface area (Å²) in [5, 5.41) is 11.8. The Labute approximate surface area is 106 Å². The van der Waals surface area contributed by atoms with Crippen LogP contribution in [0.2, 0.25) is 0 Å². The Morgan fingerprint density at radius 2 is 2.06 bits per heavy atom. The molecule has 1 rings (SSSR count). The second-order valence-corrected chi connectivity index (χ2v) is 4.74. The number of rotatable bonds is 5. The van der Waals surface area contributed by atoms with Gasteiger partial charge in [0.1, 0.15) is 0 Å². The summed E-state index contributed by atoms with van der Waals surface area (Å²) in [6, 6.07) is 0. The molecule has 1 heterocycles. The predicted octanol–water partition coefficient (Wildman–Crippen LogP) is 0.226. The first-order valence-corrected chi connectivity index (χ1v) is 6.17. The van der Waals surface area contributed by atoms with Gasteiger partial charge in [0.2, 0.25) is 11.8 Å². The molecule has 6 heteroatoms. The van der Waals surface area contributed by atoms with E-state index in [0.717, 1.165) is 0 Å². The summed E-state index contributed by atoms with van der Waals surface area (Å²) in [5.74, 6) is -1.10. The van der Waals surface area contributed by atoms with Gasteiger partial charge in [0.15, 0.2) is 0 Å². The van der Waals surface area contributed by atoms with Gasteiger partial charge in [-0.3, -0.25) is 14.4 Å². The van der Waals surface area contributed by atoms with E-state index in [2.05, 4.69) is 5.32 Å². The highest BCUT2D eigenvalue weighted by Crippen LogP contribution is 2.34. The molecule has 0 aliphatic carbocycles. The van der Waals surface area contributed by atoms with E-state index in [-0.39, 0.29) is 24.8 Å². The van der Waals surface area contributed by atoms with Gasteiger partial charge in [0.25, 0.3) is 0 Å². The zero-order chi connectivity index (χ0) is 13.8. The number of amides is 2. The van der Waals surface area contributed by atoms with E-state index in [4.69, 9.17) is 0 Å². The van der Waals surface area contributed by atoms with Gasteiger partial charge in [0, 0.05) is 33.0 Å². The van der Waals surface area contributed by atoms with Crippen LogP contribution in [-0.2, 0) is 14.4 Å². The largest absolute Gasteiger partial charge is 0.481 e. The van der Waals surface area contributed by atoms with Crippen molar-refractivity contribution in [3.05, 3.63) is 0 Å². The van der Waals surface area contributed by atoms with E-state index in [0.29, 0.717) is 25.9 Å². The third kappa shape index (κ3) is 3.21. The zero-order valence-corrected chi connectivity index (χ0v) is 10.9. The zero-order valence-electron chi connectivity index (χ0n) is 10.9. The second-order valence-electron chi connectivity index (χ2n) is 4.74. The monoisotopic (exact) mass is 256 g/mol. The minimum absolute atomic E-state index is 0.0969. The van der Waals surface area contributed by atoms with Gasteiger partial charge >= 0.3 is 5.97 Å². The number of nitrogens with zero attached hydrogens (tertiary/aromatic N) is 1. The second kappa shape index (κ2) is 5.84. The Morgan fingerprint density at radius 3 is 2.50 bits per heavy atom. The highest BCUT2D eigenvalue weighted by molar-refractivity contribution is 5.81. The Hall–Kier alpha value is -1.59. The average molecular weight is 256 g/mol. The van der Waals surface area contributed by atoms with Crippen molar-refractivity contribution in [1.82, 2.24) is 10.2 Å². The van der Waals surface area contributed by atoms with Crippen molar-refractivity contribution < 1.29 is 19.5 Å². The van der Waals surface area contributed by atoms with Crippen molar-refractivity contribution in [2.75, 3.05) is 19.6 Å². The Morgan fingerprint density at radius 1 is 1.39 bits per heavy atom. The minimum Gasteiger partial charge on any atom is -0.481 e. The smallest absolute Gasteiger partial charge is 0.311 e. The molecular formula is C12H20N2O4. The molecule has 1 saturated heterocycles. The molecule has 0 radical (unpaired) electrons. The van der Waals surface area contributed by atoms with Crippen molar-refractivity contribution in [2.45, 2.75) is 33.1 Å². The number of carbonyl (C=O) groups excluding carboxylic acids is 2. The van der Waals surface area contributed by atoms with E-state index in [1.54, 1.807) is 4.90 Å². The van der Waals surface area contributed by atoms with Crippen LogP contribution in [0.5, 0.6) is 0 Å². The van der Waals surface area contributed by atoms with Crippen molar-refractivity contribution in [3.63, 3.8) is 0 Å². The van der Waals surface area contributed by atoms with Crippen molar-refractivity contribution in [2.24, 2.45) is 5.41 Å². The number of likely N-dealkylation sites (tertiary alicyclic amines) is 1. The summed E-state index contributed by atoms with van der Waals surface area (Å²) >= 11 is 0. The van der Waals surface area contributed by atoms with E-state index < -0.39 is 11.4 Å². The quantitative estimate of drug-likeness (QED) is 0.737. The minimum atomic E-state index is -0.831. The summed E-state index contributed by atoms with van der Waals surface area (Å²) < 4.78 is 0. The van der Waals surface area contributed by atoms with Crippen molar-refractivity contribution >= 4 is 17.8 Å². The molecule has 18 heavy (non-hydrogen) atoms. The maximum Gasteiger partial charge on any atom is 0.311 e. The number of aliphatic carboxylic acids is 1. The van der Waals surface area contributed by atoms with Gasteiger partial charge in [-0.05, 0) is 12.8 Å². The van der Waals surface area contributed by atoms with E-state index in [1.165, 1.54) is 6.92 Å². The lowest BCUT2D eigenvalue weighted by molar-refractivity contribution is -0.148. The van der Waals surface area contributed by atoms with Crippen molar-refractivity contribution in [1.29, 1.82) is 0 Å². The molecule has 0 bridgehead atoms. The molecule has 102 valence electrons. The maximum absolute atomic E-state index is 11.8. The average Bonchev–Trinajstić information content (AvgIpc) is 2.74. The molecule has 2 N–H and O–H groups in total. The Bertz CT molecular complexity index is 356. The molecule has 0 saturated carbocycles. The summed E-state index contributed by atoms with van der Waals surface area (Å²) in [6.45, 7) is 4.29. The van der Waals surface area contributed by atoms with Crippen LogP contribution >= 0.6 is 0 Å². The lowest BCUT2D eigenvalue weighted by Crippen LogP contribution is -2.37. The number of hydrogen-bond donors (Lipinski definition) is 2. The van der Waals surface area contributed by atoms with E-state index in [9.17, 15) is 19.5 Å². The lowest BCUT2D eigenvalue weighted by atomic mass is 9.84. The fraction of sp³-hybridized carbons (Fsp3) is 0.750. The van der Waals surface area contributed by atoms with Crippen molar-refractivity contribution in [3.8, 4) is 0 Å². The molecule has 1 aliphatic heterocycles. The summed E-state index contributed by atoms with van der Waals surface area (Å²) in [4.78, 5) is 35.3. The van der Waals surface area contributed by atoms with Crippen LogP contribution in [0.15, 0.2) is 0 Å². The third-order valence-corrected chi connectivity index (χ3v) is 3.55. The highest BCUT2D eigenvalue weighted by atomic mass is 16.4. The van der Waals surface area contributed by atoms with E-state index >= 15 is 0 Å². The van der Waals surface area contributed by atoms with Crippen LogP contribution in [-0.4, -0.2) is 47.4 Å². The van der Waals surface area contributed by atoms with Gasteiger partial charge < -0.3 is 15.3 Å². The van der Waals surface area contributed by atoms with Gasteiger partial charge in [0.05, 0.1) is 5.41 Å². The first-order valence-electron chi connectivity index (χ1n) is 6.17. The van der Waals surface area contributed by atoms with Crippen LogP contribution in [0, 0.1) is 5.41 Å². The molecule has 2 amide bonds. The molecule has 0 aromatic heterocycles. The molecule has 1 atom stereocenters. The van der Waals surface area contributed by atoms with Crippen LogP contribution in [0.1, 0.15) is 33.1 Å². The van der Waals surface area contributed by atoms with Crippen LogP contribution in [0.25, 0.3) is 0 Å². The normalized spacial score (nSPS) is 22.9. The van der Waals surface area contributed by atoms with Gasteiger partial charge in [-0.15, -0.1) is 0 Å². The Balaban J connectivity index is 2.48. The molecule has 1 unspecified atom stereocenters. The van der Waals surface area contributed by atoms with Gasteiger partial charge in [-0.2, -0.15) is 0 Å². The first-order chi connectivity index (χ1) is 8.41. The molecule has 6 nitrogen and oxygen atoms in total. The fourth-order valence-electron chi connectivity index (χ4n) is 2.20. The molecule has 0 aromatic rings. The number of hydrogen-bond acceptors (Lipinski definition) is 3. The van der Waals surface area contributed by atoms with Gasteiger partial charge in [-0.1, -0.05) is 6.92 Å². The molecular weight excluding hydrogens is 236 g/mol. The lowest BCUT2D eigenvalue weighted by Gasteiger charge is -2.23. The SMILES string of the molecule is CCC1(C(=O)O)CCN(C(=O)CCNC(C)=O)C1. The predicted molar refractivity (Wildman–Crippen MR) is 64.9 cm³/mol. The van der Waals surface area contributed by atoms with E-state index in [1.807, 2.05) is 6.92 Å². The number of carbonyl (C=O) groups is 3. The highest BCUT2D eigenvalue weighted by Gasteiger charge is 2.44. The molecule has 0 aromatic carbocycles. The first kappa shape index (κ1) is 14.5. The maximum atomic E-state index is 11.8. The number of nitrogens with one attached hydrogen (secondary N) is 1. The molecule has 1 aliphatic rings. The van der Waals surface area contributed by atoms with Crippen LogP contribution in [0.4, 0.5) is 0 Å². The number of carboxylic acids is 1. The Kier molecular flexibility index (Phi) is 4.69. The summed E-state index contributed by atoms with van der Waals surface area (Å²) in [5.41, 5.74) is -0.788. The standard InChI is InChI=1S/C12H20N2O4/c1-3-12(11(17)18)5-7-14(8-12)10(16)4-6-13-9(2)15/h3-8H2,1-2H3,(H,13,15)(H,17,18). The third-order valence-electron chi connectivity index (χ3n) is 3.55. The number of carboxylic acid groups (broad SMARTS) is 1. The van der Waals surface area contributed by atoms with Crippen LogP contribution < -0.4 is 5.32 Å². The van der Waals surface area contributed by atoms with Crippen LogP contribution in [0.3, 0.4) is 0 Å². The van der Waals surface area contributed by atoms with Gasteiger partial charge in [-0.25, -0.2) is 0 Å². The fourth-order valence-corrected chi connectivity index (χ4v) is 2.20. The topological polar surface area (TPSA) is 86.7 Å². The molecule has 0 spiro atoms. The summed E-state index contributed by atoms with van der Waals surface area (Å²) in [7, 11) is 0. The summed E-state index contributed by atoms with van der Waals surface area (Å²) in [6.07, 6.45) is 1.25.